The van der Waals surface area contributed by atoms with Gasteiger partial charge in [-0.15, -0.1) is 0 Å². The van der Waals surface area contributed by atoms with Gasteiger partial charge in [-0.3, -0.25) is 0 Å². The Morgan fingerprint density at radius 2 is 1.65 bits per heavy atom. The van der Waals surface area contributed by atoms with Crippen molar-refractivity contribution in [3.63, 3.8) is 0 Å². The molecule has 0 aliphatic rings. The molecule has 6 heteroatoms. The van der Waals surface area contributed by atoms with E-state index in [-0.39, 0.29) is 0 Å². The van der Waals surface area contributed by atoms with Crippen molar-refractivity contribution in [2.45, 2.75) is 17.5 Å². The van der Waals surface area contributed by atoms with Crippen LogP contribution in [0.4, 0.5) is 0 Å². The molecule has 0 spiro atoms. The van der Waals surface area contributed by atoms with Crippen molar-refractivity contribution in [1.82, 2.24) is 14.1 Å². The second-order valence-electron chi connectivity index (χ2n) is 7.50. The molecule has 1 N–H and O–H groups in total. The fourth-order valence-electron chi connectivity index (χ4n) is 4.04. The third kappa shape index (κ3) is 3.59. The largest absolute Gasteiger partial charge is 0.478 e. The predicted molar refractivity (Wildman–Crippen MR) is 125 cm³/mol. The monoisotopic (exact) mass is 427 g/mol. The van der Waals surface area contributed by atoms with Gasteiger partial charge in [-0.25, -0.2) is 9.78 Å². The van der Waals surface area contributed by atoms with E-state index in [0.717, 1.165) is 21.8 Å². The summed E-state index contributed by atoms with van der Waals surface area (Å²) < 4.78 is 4.38. The Balaban J connectivity index is 1.54. The number of carboxylic acid groups (broad SMARTS) is 1. The molecule has 2 heterocycles. The van der Waals surface area contributed by atoms with Crippen LogP contribution in [0.25, 0.3) is 21.9 Å². The van der Waals surface area contributed by atoms with E-state index in [1.165, 1.54) is 16.5 Å². The number of thioether (sulfide) groups is 1. The van der Waals surface area contributed by atoms with E-state index in [4.69, 9.17) is 4.98 Å². The number of benzene rings is 3. The van der Waals surface area contributed by atoms with Gasteiger partial charge in [0.2, 0.25) is 0 Å². The summed E-state index contributed by atoms with van der Waals surface area (Å²) in [4.78, 5) is 16.4. The van der Waals surface area contributed by atoms with Crippen molar-refractivity contribution in [2.24, 2.45) is 7.05 Å². The minimum atomic E-state index is -0.902. The summed E-state index contributed by atoms with van der Waals surface area (Å²) in [5.74, 6) is -0.359. The average Bonchev–Trinajstić information content (AvgIpc) is 3.30. The third-order valence-corrected chi connectivity index (χ3v) is 6.56. The molecule has 3 aromatic carbocycles. The molecule has 0 unspecified atom stereocenters. The van der Waals surface area contributed by atoms with Gasteiger partial charge < -0.3 is 14.2 Å². The molecule has 0 atom stereocenters. The van der Waals surface area contributed by atoms with Crippen molar-refractivity contribution < 1.29 is 9.90 Å². The predicted octanol–water partition coefficient (Wildman–Crippen LogP) is 5.57. The fraction of sp³-hybridized carbons (Fsp3) is 0.120. The van der Waals surface area contributed by atoms with Gasteiger partial charge >= 0.3 is 5.97 Å². The van der Waals surface area contributed by atoms with Gasteiger partial charge in [-0.1, -0.05) is 60.3 Å². The molecule has 154 valence electrons. The number of imidazole rings is 1. The number of carbonyl (C=O) groups is 1. The first-order valence-corrected chi connectivity index (χ1v) is 11.0. The highest BCUT2D eigenvalue weighted by Gasteiger charge is 2.16. The standard InChI is InChI=1S/C25H21N3O2S/c1-27-14-18(19-9-4-6-12-22(19)27)15-28-23-13-7-5-11-21(23)26-25(28)31-16-17-8-2-3-10-20(17)24(29)30/h2-14H,15-16H2,1H3,(H,29,30). The van der Waals surface area contributed by atoms with E-state index < -0.39 is 5.97 Å². The van der Waals surface area contributed by atoms with Crippen LogP contribution in [0.15, 0.2) is 84.1 Å². The maximum atomic E-state index is 11.6. The topological polar surface area (TPSA) is 60.0 Å². The number of rotatable bonds is 6. The highest BCUT2D eigenvalue weighted by atomic mass is 32.2. The smallest absolute Gasteiger partial charge is 0.335 e. The van der Waals surface area contributed by atoms with Gasteiger partial charge in [0, 0.05) is 29.9 Å². The Morgan fingerprint density at radius 1 is 0.935 bits per heavy atom. The molecule has 0 fully saturated rings. The summed E-state index contributed by atoms with van der Waals surface area (Å²) in [7, 11) is 2.07. The van der Waals surface area contributed by atoms with E-state index in [1.807, 2.05) is 30.3 Å². The number of aromatic carboxylic acids is 1. The number of hydrogen-bond donors (Lipinski definition) is 1. The molecule has 5 aromatic rings. The van der Waals surface area contributed by atoms with E-state index in [0.29, 0.717) is 17.9 Å². The van der Waals surface area contributed by atoms with Crippen molar-refractivity contribution >= 4 is 39.7 Å². The summed E-state index contributed by atoms with van der Waals surface area (Å²) in [6, 6.07) is 23.7. The van der Waals surface area contributed by atoms with E-state index >= 15 is 0 Å². The van der Waals surface area contributed by atoms with Crippen LogP contribution < -0.4 is 0 Å². The lowest BCUT2D eigenvalue weighted by Gasteiger charge is -2.10. The highest BCUT2D eigenvalue weighted by Crippen LogP contribution is 2.30. The Labute approximate surface area is 184 Å². The quantitative estimate of drug-likeness (QED) is 0.360. The average molecular weight is 428 g/mol. The van der Waals surface area contributed by atoms with Crippen molar-refractivity contribution in [3.8, 4) is 0 Å². The van der Waals surface area contributed by atoms with Crippen LogP contribution in [0.2, 0.25) is 0 Å². The maximum Gasteiger partial charge on any atom is 0.335 e. The molecule has 0 bridgehead atoms. The molecule has 0 aliphatic heterocycles. The van der Waals surface area contributed by atoms with Gasteiger partial charge in [0.1, 0.15) is 0 Å². The fourth-order valence-corrected chi connectivity index (χ4v) is 5.05. The molecular formula is C25H21N3O2S. The van der Waals surface area contributed by atoms with E-state index in [2.05, 4.69) is 52.7 Å². The van der Waals surface area contributed by atoms with Crippen LogP contribution in [-0.2, 0) is 19.3 Å². The molecular weight excluding hydrogens is 406 g/mol. The first-order chi connectivity index (χ1) is 15.1. The number of aromatic nitrogens is 3. The minimum absolute atomic E-state index is 0.340. The zero-order valence-electron chi connectivity index (χ0n) is 17.0. The Morgan fingerprint density at radius 3 is 2.48 bits per heavy atom. The highest BCUT2D eigenvalue weighted by molar-refractivity contribution is 7.98. The zero-order valence-corrected chi connectivity index (χ0v) is 17.8. The van der Waals surface area contributed by atoms with Crippen LogP contribution in [0.1, 0.15) is 21.5 Å². The van der Waals surface area contributed by atoms with Crippen molar-refractivity contribution in [3.05, 3.63) is 95.7 Å². The van der Waals surface area contributed by atoms with E-state index in [1.54, 1.807) is 23.9 Å². The summed E-state index contributed by atoms with van der Waals surface area (Å²) >= 11 is 1.57. The number of nitrogens with zero attached hydrogens (tertiary/aromatic N) is 3. The Bertz CT molecular complexity index is 1420. The van der Waals surface area contributed by atoms with Gasteiger partial charge in [0.25, 0.3) is 0 Å². The number of carboxylic acids is 1. The molecule has 31 heavy (non-hydrogen) atoms. The molecule has 0 saturated carbocycles. The van der Waals surface area contributed by atoms with Gasteiger partial charge in [-0.2, -0.15) is 0 Å². The van der Waals surface area contributed by atoms with Gasteiger partial charge in [0.15, 0.2) is 5.16 Å². The molecule has 5 nitrogen and oxygen atoms in total. The van der Waals surface area contributed by atoms with Crippen molar-refractivity contribution in [2.75, 3.05) is 0 Å². The first-order valence-electron chi connectivity index (χ1n) is 10.0. The molecule has 0 saturated heterocycles. The number of aryl methyl sites for hydroxylation is 1. The first kappa shape index (κ1) is 19.5. The lowest BCUT2D eigenvalue weighted by molar-refractivity contribution is 0.0696. The molecule has 0 aliphatic carbocycles. The van der Waals surface area contributed by atoms with Crippen LogP contribution in [0, 0.1) is 0 Å². The van der Waals surface area contributed by atoms with Gasteiger partial charge in [0.05, 0.1) is 23.1 Å². The third-order valence-electron chi connectivity index (χ3n) is 5.53. The number of fused-ring (bicyclic) bond motifs is 2. The lowest BCUT2D eigenvalue weighted by Crippen LogP contribution is -2.03. The normalized spacial score (nSPS) is 11.4. The number of hydrogen-bond acceptors (Lipinski definition) is 3. The summed E-state index contributed by atoms with van der Waals surface area (Å²) in [6.45, 7) is 0.699. The Kier molecular flexibility index (Phi) is 5.00. The maximum absolute atomic E-state index is 11.6. The van der Waals surface area contributed by atoms with Crippen molar-refractivity contribution in [1.29, 1.82) is 0 Å². The Hall–Kier alpha value is -3.51. The van der Waals surface area contributed by atoms with Crippen LogP contribution in [-0.4, -0.2) is 25.2 Å². The van der Waals surface area contributed by atoms with E-state index in [9.17, 15) is 9.90 Å². The van der Waals surface area contributed by atoms with Crippen LogP contribution in [0.3, 0.4) is 0 Å². The summed E-state index contributed by atoms with van der Waals surface area (Å²) in [5, 5.41) is 11.6. The molecule has 5 rings (SSSR count). The molecule has 0 amide bonds. The SMILES string of the molecule is Cn1cc(Cn2c(SCc3ccccc3C(=O)O)nc3ccccc32)c2ccccc21. The number of para-hydroxylation sites is 3. The lowest BCUT2D eigenvalue weighted by atomic mass is 10.1. The zero-order chi connectivity index (χ0) is 21.4. The molecule has 0 radical (unpaired) electrons. The second-order valence-corrected chi connectivity index (χ2v) is 8.45. The van der Waals surface area contributed by atoms with Crippen LogP contribution in [0.5, 0.6) is 0 Å². The second kappa shape index (κ2) is 7.96. The minimum Gasteiger partial charge on any atom is -0.478 e. The summed E-state index contributed by atoms with van der Waals surface area (Å²) in [6.07, 6.45) is 2.17. The summed E-state index contributed by atoms with van der Waals surface area (Å²) in [5.41, 5.74) is 5.58. The van der Waals surface area contributed by atoms with Crippen LogP contribution >= 0.6 is 11.8 Å². The molecule has 2 aromatic heterocycles. The van der Waals surface area contributed by atoms with Gasteiger partial charge in [-0.05, 0) is 35.4 Å².